The van der Waals surface area contributed by atoms with Crippen molar-refractivity contribution in [3.63, 3.8) is 0 Å². The quantitative estimate of drug-likeness (QED) is 0.749. The van der Waals surface area contributed by atoms with Crippen LogP contribution in [-0.4, -0.2) is 42.4 Å². The van der Waals surface area contributed by atoms with Gasteiger partial charge < -0.3 is 10.2 Å². The van der Waals surface area contributed by atoms with E-state index in [0.717, 1.165) is 19.6 Å². The Morgan fingerprint density at radius 1 is 1.50 bits per heavy atom. The maximum Gasteiger partial charge on any atom is 0.224 e. The van der Waals surface area contributed by atoms with Gasteiger partial charge >= 0.3 is 0 Å². The molecule has 0 aromatic heterocycles. The Kier molecular flexibility index (Phi) is 5.56. The summed E-state index contributed by atoms with van der Waals surface area (Å²) in [6, 6.07) is 0.613. The Morgan fingerprint density at radius 2 is 2.19 bits per heavy atom. The van der Waals surface area contributed by atoms with Crippen LogP contribution in [-0.2, 0) is 4.79 Å². The van der Waals surface area contributed by atoms with E-state index < -0.39 is 0 Å². The third-order valence-electron chi connectivity index (χ3n) is 3.29. The van der Waals surface area contributed by atoms with E-state index in [2.05, 4.69) is 24.1 Å². The molecule has 94 valence electrons. The van der Waals surface area contributed by atoms with Crippen LogP contribution in [0.15, 0.2) is 0 Å². The number of carbonyl (C=O) groups is 1. The number of halogens is 1. The van der Waals surface area contributed by atoms with Gasteiger partial charge in [0, 0.05) is 30.9 Å². The molecule has 1 aliphatic rings. The first-order valence-corrected chi connectivity index (χ1v) is 6.65. The van der Waals surface area contributed by atoms with Crippen LogP contribution in [0.2, 0.25) is 0 Å². The minimum Gasteiger partial charge on any atom is -0.356 e. The van der Waals surface area contributed by atoms with E-state index in [9.17, 15) is 4.79 Å². The predicted octanol–water partition coefficient (Wildman–Crippen LogP) is 1.71. The molecular formula is C12H23ClN2O. The van der Waals surface area contributed by atoms with Crippen molar-refractivity contribution in [2.45, 2.75) is 33.2 Å². The number of nitrogens with one attached hydrogen (secondary N) is 1. The molecule has 2 unspecified atom stereocenters. The summed E-state index contributed by atoms with van der Waals surface area (Å²) in [5, 5.41) is 2.98. The highest BCUT2D eigenvalue weighted by Gasteiger charge is 2.24. The molecule has 2 atom stereocenters. The average molecular weight is 247 g/mol. The lowest BCUT2D eigenvalue weighted by Crippen LogP contribution is -2.35. The second-order valence-electron chi connectivity index (χ2n) is 5.04. The van der Waals surface area contributed by atoms with Crippen LogP contribution in [0.25, 0.3) is 0 Å². The number of rotatable bonds is 5. The van der Waals surface area contributed by atoms with Gasteiger partial charge in [-0.1, -0.05) is 6.92 Å². The third-order valence-corrected chi connectivity index (χ3v) is 3.75. The van der Waals surface area contributed by atoms with E-state index in [0.29, 0.717) is 17.8 Å². The monoisotopic (exact) mass is 246 g/mol. The molecule has 0 spiro atoms. The summed E-state index contributed by atoms with van der Waals surface area (Å²) in [7, 11) is 0. The summed E-state index contributed by atoms with van der Waals surface area (Å²) >= 11 is 5.64. The van der Waals surface area contributed by atoms with Gasteiger partial charge in [0.2, 0.25) is 5.91 Å². The van der Waals surface area contributed by atoms with Gasteiger partial charge in [0.1, 0.15) is 0 Å². The van der Waals surface area contributed by atoms with Crippen LogP contribution in [0.1, 0.15) is 27.2 Å². The fourth-order valence-corrected chi connectivity index (χ4v) is 2.13. The van der Waals surface area contributed by atoms with Crippen LogP contribution in [0, 0.1) is 11.8 Å². The molecule has 3 nitrogen and oxygen atoms in total. The summed E-state index contributed by atoms with van der Waals surface area (Å²) in [5.41, 5.74) is 0. The SMILES string of the molecule is CC(CCl)C(=O)NCC1CCN(C(C)C)C1. The first-order valence-electron chi connectivity index (χ1n) is 6.12. The van der Waals surface area contributed by atoms with Gasteiger partial charge in [0.25, 0.3) is 0 Å². The van der Waals surface area contributed by atoms with Gasteiger partial charge in [0.15, 0.2) is 0 Å². The molecule has 1 rings (SSSR count). The molecule has 0 bridgehead atoms. The summed E-state index contributed by atoms with van der Waals surface area (Å²) in [6.45, 7) is 9.35. The number of carbonyl (C=O) groups excluding carboxylic acids is 1. The summed E-state index contributed by atoms with van der Waals surface area (Å²) < 4.78 is 0. The van der Waals surface area contributed by atoms with Crippen LogP contribution in [0.3, 0.4) is 0 Å². The van der Waals surface area contributed by atoms with Crippen molar-refractivity contribution in [3.05, 3.63) is 0 Å². The molecule has 4 heteroatoms. The Labute approximate surface area is 104 Å². The Bertz CT molecular complexity index is 233. The second-order valence-corrected chi connectivity index (χ2v) is 5.35. The Balaban J connectivity index is 2.22. The zero-order chi connectivity index (χ0) is 12.1. The molecule has 1 N–H and O–H groups in total. The van der Waals surface area contributed by atoms with Gasteiger partial charge in [-0.15, -0.1) is 11.6 Å². The number of hydrogen-bond acceptors (Lipinski definition) is 2. The molecule has 0 radical (unpaired) electrons. The lowest BCUT2D eigenvalue weighted by atomic mass is 10.1. The van der Waals surface area contributed by atoms with Crippen molar-refractivity contribution in [1.82, 2.24) is 10.2 Å². The molecule has 1 fully saturated rings. The van der Waals surface area contributed by atoms with Crippen LogP contribution < -0.4 is 5.32 Å². The van der Waals surface area contributed by atoms with E-state index in [4.69, 9.17) is 11.6 Å². The molecule has 1 heterocycles. The standard InChI is InChI=1S/C12H23ClN2O/c1-9(2)15-5-4-11(8-15)7-14-12(16)10(3)6-13/h9-11H,4-8H2,1-3H3,(H,14,16). The smallest absolute Gasteiger partial charge is 0.224 e. The Morgan fingerprint density at radius 3 is 2.69 bits per heavy atom. The first-order chi connectivity index (χ1) is 7.54. The highest BCUT2D eigenvalue weighted by molar-refractivity contribution is 6.19. The predicted molar refractivity (Wildman–Crippen MR) is 67.7 cm³/mol. The molecule has 1 aliphatic heterocycles. The van der Waals surface area contributed by atoms with Crippen molar-refractivity contribution in [2.75, 3.05) is 25.5 Å². The van der Waals surface area contributed by atoms with Crippen molar-refractivity contribution in [2.24, 2.45) is 11.8 Å². The number of amides is 1. The zero-order valence-corrected chi connectivity index (χ0v) is 11.3. The van der Waals surface area contributed by atoms with E-state index in [1.54, 1.807) is 0 Å². The van der Waals surface area contributed by atoms with E-state index in [1.165, 1.54) is 6.42 Å². The molecule has 0 aromatic rings. The van der Waals surface area contributed by atoms with Crippen LogP contribution >= 0.6 is 11.6 Å². The Hall–Kier alpha value is -0.280. The maximum absolute atomic E-state index is 11.5. The fourth-order valence-electron chi connectivity index (χ4n) is 1.99. The third kappa shape index (κ3) is 3.95. The maximum atomic E-state index is 11.5. The van der Waals surface area contributed by atoms with E-state index >= 15 is 0 Å². The summed E-state index contributed by atoms with van der Waals surface area (Å²) in [6.07, 6.45) is 1.19. The summed E-state index contributed by atoms with van der Waals surface area (Å²) in [4.78, 5) is 14.0. The van der Waals surface area contributed by atoms with Crippen molar-refractivity contribution < 1.29 is 4.79 Å². The molecule has 16 heavy (non-hydrogen) atoms. The van der Waals surface area contributed by atoms with E-state index in [-0.39, 0.29) is 11.8 Å². The number of hydrogen-bond donors (Lipinski definition) is 1. The lowest BCUT2D eigenvalue weighted by molar-refractivity contribution is -0.124. The normalized spacial score (nSPS) is 23.7. The van der Waals surface area contributed by atoms with Crippen molar-refractivity contribution in [3.8, 4) is 0 Å². The van der Waals surface area contributed by atoms with Crippen molar-refractivity contribution in [1.29, 1.82) is 0 Å². The van der Waals surface area contributed by atoms with Gasteiger partial charge in [-0.25, -0.2) is 0 Å². The highest BCUT2D eigenvalue weighted by atomic mass is 35.5. The second kappa shape index (κ2) is 6.45. The minimum atomic E-state index is -0.0794. The highest BCUT2D eigenvalue weighted by Crippen LogP contribution is 2.17. The fraction of sp³-hybridized carbons (Fsp3) is 0.917. The average Bonchev–Trinajstić information content (AvgIpc) is 2.73. The molecule has 0 aliphatic carbocycles. The van der Waals surface area contributed by atoms with Crippen molar-refractivity contribution >= 4 is 17.5 Å². The minimum absolute atomic E-state index is 0.0794. The molecule has 0 saturated carbocycles. The topological polar surface area (TPSA) is 32.3 Å². The number of likely N-dealkylation sites (tertiary alicyclic amines) is 1. The molecular weight excluding hydrogens is 224 g/mol. The number of alkyl halides is 1. The van der Waals surface area contributed by atoms with Gasteiger partial charge in [-0.05, 0) is 32.7 Å². The molecule has 0 aromatic carbocycles. The first kappa shape index (κ1) is 13.8. The largest absolute Gasteiger partial charge is 0.356 e. The van der Waals surface area contributed by atoms with Gasteiger partial charge in [-0.3, -0.25) is 4.79 Å². The molecule has 1 amide bonds. The van der Waals surface area contributed by atoms with Gasteiger partial charge in [-0.2, -0.15) is 0 Å². The van der Waals surface area contributed by atoms with E-state index in [1.807, 2.05) is 6.92 Å². The van der Waals surface area contributed by atoms with Crippen LogP contribution in [0.5, 0.6) is 0 Å². The van der Waals surface area contributed by atoms with Gasteiger partial charge in [0.05, 0.1) is 0 Å². The lowest BCUT2D eigenvalue weighted by Gasteiger charge is -2.20. The molecule has 1 saturated heterocycles. The van der Waals surface area contributed by atoms with Crippen LogP contribution in [0.4, 0.5) is 0 Å². The summed E-state index contributed by atoms with van der Waals surface area (Å²) in [5.74, 6) is 1.00. The number of nitrogens with zero attached hydrogens (tertiary/aromatic N) is 1. The zero-order valence-electron chi connectivity index (χ0n) is 10.5.